The molecule has 6 nitrogen and oxygen atoms in total. The maximum atomic E-state index is 11.6. The monoisotopic (exact) mass is 270 g/mol. The van der Waals surface area contributed by atoms with E-state index in [0.717, 1.165) is 19.3 Å². The first kappa shape index (κ1) is 15.5. The van der Waals surface area contributed by atoms with Gasteiger partial charge in [0.1, 0.15) is 0 Å². The van der Waals surface area contributed by atoms with E-state index in [9.17, 15) is 14.4 Å². The second-order valence-corrected chi connectivity index (χ2v) is 5.17. The van der Waals surface area contributed by atoms with Crippen molar-refractivity contribution in [3.05, 3.63) is 0 Å². The van der Waals surface area contributed by atoms with Crippen LogP contribution in [-0.2, 0) is 14.4 Å². The van der Waals surface area contributed by atoms with Crippen LogP contribution in [-0.4, -0.2) is 47.9 Å². The summed E-state index contributed by atoms with van der Waals surface area (Å²) in [7, 11) is 1.56. The molecule has 1 fully saturated rings. The lowest BCUT2D eigenvalue weighted by Crippen LogP contribution is -2.41. The van der Waals surface area contributed by atoms with Gasteiger partial charge in [-0.1, -0.05) is 12.8 Å². The van der Waals surface area contributed by atoms with Crippen LogP contribution in [0.4, 0.5) is 0 Å². The molecule has 2 amide bonds. The molecular weight excluding hydrogens is 248 g/mol. The van der Waals surface area contributed by atoms with E-state index >= 15 is 0 Å². The largest absolute Gasteiger partial charge is 0.481 e. The van der Waals surface area contributed by atoms with Crippen LogP contribution in [0, 0.1) is 11.8 Å². The molecule has 0 aromatic carbocycles. The molecule has 0 spiro atoms. The summed E-state index contributed by atoms with van der Waals surface area (Å²) in [5.74, 6) is -1.55. The molecule has 1 rings (SSSR count). The zero-order chi connectivity index (χ0) is 14.4. The van der Waals surface area contributed by atoms with Crippen LogP contribution >= 0.6 is 0 Å². The molecular formula is C13H22N2O4. The van der Waals surface area contributed by atoms with Gasteiger partial charge in [0.25, 0.3) is 0 Å². The number of aliphatic carboxylic acids is 1. The number of hydrogen-bond donors (Lipinski definition) is 2. The lowest BCUT2D eigenvalue weighted by atomic mass is 9.79. The quantitative estimate of drug-likeness (QED) is 0.760. The van der Waals surface area contributed by atoms with Gasteiger partial charge in [-0.05, 0) is 18.8 Å². The standard InChI is InChI=1S/C13H22N2O4/c1-9(16)15(2)8-12(17)14-7-10-5-3-4-6-11(10)13(18)19/h10-11H,3-8H2,1-2H3,(H,14,17)(H,18,19). The molecule has 0 saturated heterocycles. The van der Waals surface area contributed by atoms with E-state index in [1.54, 1.807) is 7.05 Å². The number of nitrogens with zero attached hydrogens (tertiary/aromatic N) is 1. The van der Waals surface area contributed by atoms with E-state index in [2.05, 4.69) is 5.32 Å². The molecule has 1 saturated carbocycles. The van der Waals surface area contributed by atoms with Gasteiger partial charge in [0, 0.05) is 20.5 Å². The molecule has 0 bridgehead atoms. The third kappa shape index (κ3) is 4.89. The Morgan fingerprint density at radius 3 is 2.47 bits per heavy atom. The second-order valence-electron chi connectivity index (χ2n) is 5.17. The maximum absolute atomic E-state index is 11.6. The van der Waals surface area contributed by atoms with Crippen molar-refractivity contribution in [2.75, 3.05) is 20.1 Å². The smallest absolute Gasteiger partial charge is 0.306 e. The Morgan fingerprint density at radius 1 is 1.26 bits per heavy atom. The highest BCUT2D eigenvalue weighted by atomic mass is 16.4. The van der Waals surface area contributed by atoms with Crippen molar-refractivity contribution >= 4 is 17.8 Å². The normalized spacial score (nSPS) is 22.6. The Balaban J connectivity index is 2.39. The fraction of sp³-hybridized carbons (Fsp3) is 0.769. The third-order valence-electron chi connectivity index (χ3n) is 3.71. The first-order chi connectivity index (χ1) is 8.91. The van der Waals surface area contributed by atoms with E-state index < -0.39 is 5.97 Å². The van der Waals surface area contributed by atoms with Crippen molar-refractivity contribution in [3.8, 4) is 0 Å². The van der Waals surface area contributed by atoms with Crippen LogP contribution in [0.2, 0.25) is 0 Å². The van der Waals surface area contributed by atoms with E-state index in [-0.39, 0.29) is 30.2 Å². The number of nitrogens with one attached hydrogen (secondary N) is 1. The number of carboxylic acids is 1. The van der Waals surface area contributed by atoms with Gasteiger partial charge in [0.05, 0.1) is 12.5 Å². The highest BCUT2D eigenvalue weighted by Crippen LogP contribution is 2.29. The van der Waals surface area contributed by atoms with Gasteiger partial charge in [0.2, 0.25) is 11.8 Å². The number of likely N-dealkylation sites (N-methyl/N-ethyl adjacent to an activating group) is 1. The van der Waals surface area contributed by atoms with Gasteiger partial charge in [-0.3, -0.25) is 14.4 Å². The molecule has 2 atom stereocenters. The molecule has 1 aliphatic rings. The summed E-state index contributed by atoms with van der Waals surface area (Å²) in [5, 5.41) is 11.9. The zero-order valence-corrected chi connectivity index (χ0v) is 11.5. The number of carbonyl (C=O) groups is 3. The van der Waals surface area contributed by atoms with Gasteiger partial charge in [-0.15, -0.1) is 0 Å². The number of carbonyl (C=O) groups excluding carboxylic acids is 2. The Bertz CT molecular complexity index is 357. The molecule has 1 aliphatic carbocycles. The van der Waals surface area contributed by atoms with Crippen molar-refractivity contribution in [1.82, 2.24) is 10.2 Å². The first-order valence-corrected chi connectivity index (χ1v) is 6.63. The molecule has 108 valence electrons. The average molecular weight is 270 g/mol. The molecule has 19 heavy (non-hydrogen) atoms. The van der Waals surface area contributed by atoms with Crippen LogP contribution in [0.3, 0.4) is 0 Å². The summed E-state index contributed by atoms with van der Waals surface area (Å²) in [6.07, 6.45) is 3.47. The maximum Gasteiger partial charge on any atom is 0.306 e. The fourth-order valence-electron chi connectivity index (χ4n) is 2.40. The van der Waals surface area contributed by atoms with E-state index in [4.69, 9.17) is 5.11 Å². The van der Waals surface area contributed by atoms with Gasteiger partial charge < -0.3 is 15.3 Å². The van der Waals surface area contributed by atoms with Crippen molar-refractivity contribution in [2.24, 2.45) is 11.8 Å². The molecule has 0 radical (unpaired) electrons. The van der Waals surface area contributed by atoms with Crippen LogP contribution in [0.15, 0.2) is 0 Å². The summed E-state index contributed by atoms with van der Waals surface area (Å²) in [4.78, 5) is 35.1. The minimum Gasteiger partial charge on any atom is -0.481 e. The van der Waals surface area contributed by atoms with Crippen molar-refractivity contribution in [1.29, 1.82) is 0 Å². The number of carboxylic acid groups (broad SMARTS) is 1. The fourth-order valence-corrected chi connectivity index (χ4v) is 2.40. The third-order valence-corrected chi connectivity index (χ3v) is 3.71. The second kappa shape index (κ2) is 7.11. The highest BCUT2D eigenvalue weighted by Gasteiger charge is 2.30. The van der Waals surface area contributed by atoms with Gasteiger partial charge in [-0.25, -0.2) is 0 Å². The molecule has 0 aliphatic heterocycles. The first-order valence-electron chi connectivity index (χ1n) is 6.63. The molecule has 0 heterocycles. The Hall–Kier alpha value is -1.59. The molecule has 6 heteroatoms. The van der Waals surface area contributed by atoms with Gasteiger partial charge in [-0.2, -0.15) is 0 Å². The van der Waals surface area contributed by atoms with Crippen molar-refractivity contribution in [2.45, 2.75) is 32.6 Å². The minimum atomic E-state index is -0.778. The Morgan fingerprint density at radius 2 is 1.89 bits per heavy atom. The van der Waals surface area contributed by atoms with E-state index in [0.29, 0.717) is 13.0 Å². The molecule has 0 aromatic heterocycles. The van der Waals surface area contributed by atoms with Crippen molar-refractivity contribution in [3.63, 3.8) is 0 Å². The molecule has 2 unspecified atom stereocenters. The number of hydrogen-bond acceptors (Lipinski definition) is 3. The van der Waals surface area contributed by atoms with E-state index in [1.807, 2.05) is 0 Å². The Kier molecular flexibility index (Phi) is 5.79. The summed E-state index contributed by atoms with van der Waals surface area (Å²) < 4.78 is 0. The Labute approximate surface area is 113 Å². The van der Waals surface area contributed by atoms with Crippen LogP contribution in [0.5, 0.6) is 0 Å². The lowest BCUT2D eigenvalue weighted by molar-refractivity contribution is -0.145. The van der Waals surface area contributed by atoms with Gasteiger partial charge >= 0.3 is 5.97 Å². The number of amides is 2. The SMILES string of the molecule is CC(=O)N(C)CC(=O)NCC1CCCCC1C(=O)O. The van der Waals surface area contributed by atoms with Crippen LogP contribution in [0.25, 0.3) is 0 Å². The summed E-state index contributed by atoms with van der Waals surface area (Å²) in [6.45, 7) is 1.79. The summed E-state index contributed by atoms with van der Waals surface area (Å²) in [5.41, 5.74) is 0. The minimum absolute atomic E-state index is 0.00201. The van der Waals surface area contributed by atoms with E-state index in [1.165, 1.54) is 11.8 Å². The predicted molar refractivity (Wildman–Crippen MR) is 69.4 cm³/mol. The summed E-state index contributed by atoms with van der Waals surface area (Å²) >= 11 is 0. The highest BCUT2D eigenvalue weighted by molar-refractivity contribution is 5.83. The van der Waals surface area contributed by atoms with Crippen molar-refractivity contribution < 1.29 is 19.5 Å². The van der Waals surface area contributed by atoms with Crippen LogP contribution in [0.1, 0.15) is 32.6 Å². The summed E-state index contributed by atoms with van der Waals surface area (Å²) in [6, 6.07) is 0. The molecule has 0 aromatic rings. The zero-order valence-electron chi connectivity index (χ0n) is 11.5. The van der Waals surface area contributed by atoms with Gasteiger partial charge in [0.15, 0.2) is 0 Å². The van der Waals surface area contributed by atoms with Crippen LogP contribution < -0.4 is 5.32 Å². The topological polar surface area (TPSA) is 86.7 Å². The average Bonchev–Trinajstić information content (AvgIpc) is 2.36. The lowest BCUT2D eigenvalue weighted by Gasteiger charge is -2.28. The number of rotatable bonds is 5. The predicted octanol–water partition coefficient (Wildman–Crippen LogP) is 0.472. The molecule has 2 N–H and O–H groups in total.